The molecule has 1 saturated heterocycles. The van der Waals surface area contributed by atoms with Gasteiger partial charge in [-0.2, -0.15) is 0 Å². The summed E-state index contributed by atoms with van der Waals surface area (Å²) in [7, 11) is 1.71. The summed E-state index contributed by atoms with van der Waals surface area (Å²) >= 11 is 0. The standard InChI is InChI=1S/C20H20FN5O.ClH/c1-25-19(27)12-17(14-6-8-22-9-7-14)24-20(25)26-11-10-23-18(13-26)15-4-2-3-5-16(15)21;/h2-9,12,18,23H,10-11,13H2,1H3;1H. The Labute approximate surface area is 168 Å². The largest absolute Gasteiger partial charge is 0.339 e. The number of aromatic nitrogens is 3. The first-order chi connectivity index (χ1) is 13.1. The average Bonchev–Trinajstić information content (AvgIpc) is 2.71. The van der Waals surface area contributed by atoms with Crippen molar-refractivity contribution in [3.8, 4) is 11.3 Å². The first-order valence-electron chi connectivity index (χ1n) is 8.85. The van der Waals surface area contributed by atoms with Gasteiger partial charge in [-0.3, -0.25) is 14.3 Å². The molecule has 0 spiro atoms. The van der Waals surface area contributed by atoms with Crippen molar-refractivity contribution in [3.05, 3.63) is 76.6 Å². The van der Waals surface area contributed by atoms with Crippen LogP contribution in [0.3, 0.4) is 0 Å². The van der Waals surface area contributed by atoms with E-state index in [1.165, 1.54) is 16.7 Å². The molecule has 2 aromatic heterocycles. The Balaban J connectivity index is 0.00000225. The summed E-state index contributed by atoms with van der Waals surface area (Å²) in [4.78, 5) is 23.2. The second-order valence-corrected chi connectivity index (χ2v) is 6.55. The molecular weight excluding hydrogens is 381 g/mol. The second-order valence-electron chi connectivity index (χ2n) is 6.55. The quantitative estimate of drug-likeness (QED) is 0.730. The number of hydrogen-bond acceptors (Lipinski definition) is 5. The molecule has 1 aliphatic heterocycles. The number of piperazine rings is 1. The molecule has 8 heteroatoms. The van der Waals surface area contributed by atoms with Crippen LogP contribution in [0.5, 0.6) is 0 Å². The van der Waals surface area contributed by atoms with Crippen LogP contribution in [0.25, 0.3) is 11.3 Å². The lowest BCUT2D eigenvalue weighted by Gasteiger charge is -2.35. The van der Waals surface area contributed by atoms with Gasteiger partial charge < -0.3 is 10.2 Å². The summed E-state index contributed by atoms with van der Waals surface area (Å²) in [5.74, 6) is 0.349. The molecule has 0 amide bonds. The molecular formula is C20H21ClFN5O. The third kappa shape index (κ3) is 3.90. The van der Waals surface area contributed by atoms with Gasteiger partial charge in [0.25, 0.3) is 5.56 Å². The van der Waals surface area contributed by atoms with E-state index in [0.717, 1.165) is 5.56 Å². The highest BCUT2D eigenvalue weighted by atomic mass is 35.5. The molecule has 1 atom stereocenters. The second kappa shape index (κ2) is 8.50. The Morgan fingerprint density at radius 3 is 2.68 bits per heavy atom. The molecule has 1 fully saturated rings. The first kappa shape index (κ1) is 20.0. The van der Waals surface area contributed by atoms with Gasteiger partial charge in [0.15, 0.2) is 0 Å². The van der Waals surface area contributed by atoms with Crippen molar-refractivity contribution in [2.75, 3.05) is 24.5 Å². The lowest BCUT2D eigenvalue weighted by Crippen LogP contribution is -2.48. The Hall–Kier alpha value is -2.77. The molecule has 4 rings (SSSR count). The zero-order valence-electron chi connectivity index (χ0n) is 15.4. The molecule has 3 aromatic rings. The number of nitrogens with zero attached hydrogens (tertiary/aromatic N) is 4. The maximum absolute atomic E-state index is 14.2. The van der Waals surface area contributed by atoms with E-state index in [1.807, 2.05) is 23.1 Å². The van der Waals surface area contributed by atoms with Crippen LogP contribution in [-0.2, 0) is 7.05 Å². The SMILES string of the molecule is Cl.Cn1c(N2CCNC(c3ccccc3F)C2)nc(-c2ccncc2)cc1=O. The van der Waals surface area contributed by atoms with Crippen molar-refractivity contribution in [2.24, 2.45) is 7.05 Å². The summed E-state index contributed by atoms with van der Waals surface area (Å²) in [5, 5.41) is 3.35. The summed E-state index contributed by atoms with van der Waals surface area (Å²) in [6.07, 6.45) is 3.35. The third-order valence-corrected chi connectivity index (χ3v) is 4.83. The van der Waals surface area contributed by atoms with Crippen LogP contribution in [0.15, 0.2) is 59.7 Å². The van der Waals surface area contributed by atoms with E-state index in [-0.39, 0.29) is 29.8 Å². The number of benzene rings is 1. The number of rotatable bonds is 3. The Morgan fingerprint density at radius 2 is 1.93 bits per heavy atom. The fraction of sp³-hybridized carbons (Fsp3) is 0.250. The van der Waals surface area contributed by atoms with Gasteiger partial charge in [0, 0.05) is 56.3 Å². The Kier molecular flexibility index (Phi) is 6.06. The number of pyridine rings is 1. The van der Waals surface area contributed by atoms with E-state index in [1.54, 1.807) is 31.6 Å². The lowest BCUT2D eigenvalue weighted by atomic mass is 10.0. The molecule has 6 nitrogen and oxygen atoms in total. The predicted molar refractivity (Wildman–Crippen MR) is 109 cm³/mol. The first-order valence-corrected chi connectivity index (χ1v) is 8.85. The summed E-state index contributed by atoms with van der Waals surface area (Å²) in [6, 6.07) is 11.8. The molecule has 1 N–H and O–H groups in total. The molecule has 0 aliphatic carbocycles. The van der Waals surface area contributed by atoms with Crippen LogP contribution >= 0.6 is 12.4 Å². The van der Waals surface area contributed by atoms with Gasteiger partial charge in [0.05, 0.1) is 11.7 Å². The van der Waals surface area contributed by atoms with Gasteiger partial charge >= 0.3 is 0 Å². The van der Waals surface area contributed by atoms with E-state index in [9.17, 15) is 9.18 Å². The molecule has 1 aliphatic rings. The van der Waals surface area contributed by atoms with E-state index in [0.29, 0.717) is 36.8 Å². The van der Waals surface area contributed by atoms with E-state index < -0.39 is 0 Å². The monoisotopic (exact) mass is 401 g/mol. The Morgan fingerprint density at radius 1 is 1.18 bits per heavy atom. The molecule has 1 unspecified atom stereocenters. The highest BCUT2D eigenvalue weighted by molar-refractivity contribution is 5.85. The van der Waals surface area contributed by atoms with Gasteiger partial charge in [0.2, 0.25) is 5.95 Å². The summed E-state index contributed by atoms with van der Waals surface area (Å²) in [6.45, 7) is 1.89. The minimum atomic E-state index is -0.232. The van der Waals surface area contributed by atoms with Crippen LogP contribution in [-0.4, -0.2) is 34.2 Å². The minimum Gasteiger partial charge on any atom is -0.339 e. The fourth-order valence-corrected chi connectivity index (χ4v) is 3.38. The molecule has 0 saturated carbocycles. The van der Waals surface area contributed by atoms with Crippen molar-refractivity contribution >= 4 is 18.4 Å². The van der Waals surface area contributed by atoms with Crippen molar-refractivity contribution in [1.82, 2.24) is 19.9 Å². The lowest BCUT2D eigenvalue weighted by molar-refractivity contribution is 0.445. The molecule has 0 bridgehead atoms. The molecule has 1 aromatic carbocycles. The molecule has 28 heavy (non-hydrogen) atoms. The average molecular weight is 402 g/mol. The maximum atomic E-state index is 14.2. The van der Waals surface area contributed by atoms with Crippen molar-refractivity contribution in [3.63, 3.8) is 0 Å². The van der Waals surface area contributed by atoms with Crippen LogP contribution < -0.4 is 15.8 Å². The van der Waals surface area contributed by atoms with Crippen LogP contribution in [0.1, 0.15) is 11.6 Å². The highest BCUT2D eigenvalue weighted by Crippen LogP contribution is 2.24. The van der Waals surface area contributed by atoms with E-state index in [2.05, 4.69) is 10.3 Å². The van der Waals surface area contributed by atoms with Crippen LogP contribution in [0.2, 0.25) is 0 Å². The maximum Gasteiger partial charge on any atom is 0.255 e. The molecule has 3 heterocycles. The topological polar surface area (TPSA) is 63.1 Å². The number of halogens is 2. The van der Waals surface area contributed by atoms with Gasteiger partial charge in [-0.1, -0.05) is 18.2 Å². The van der Waals surface area contributed by atoms with E-state index >= 15 is 0 Å². The van der Waals surface area contributed by atoms with Gasteiger partial charge in [-0.15, -0.1) is 12.4 Å². The van der Waals surface area contributed by atoms with Crippen LogP contribution in [0, 0.1) is 5.82 Å². The minimum absolute atomic E-state index is 0. The van der Waals surface area contributed by atoms with Crippen molar-refractivity contribution in [2.45, 2.75) is 6.04 Å². The zero-order valence-corrected chi connectivity index (χ0v) is 16.2. The number of nitrogens with one attached hydrogen (secondary N) is 1. The van der Waals surface area contributed by atoms with Gasteiger partial charge in [-0.25, -0.2) is 9.37 Å². The van der Waals surface area contributed by atoms with Crippen molar-refractivity contribution < 1.29 is 4.39 Å². The molecule has 146 valence electrons. The van der Waals surface area contributed by atoms with E-state index in [4.69, 9.17) is 4.98 Å². The predicted octanol–water partition coefficient (Wildman–Crippen LogP) is 2.55. The summed E-state index contributed by atoms with van der Waals surface area (Å²) in [5.41, 5.74) is 1.94. The fourth-order valence-electron chi connectivity index (χ4n) is 3.38. The van der Waals surface area contributed by atoms with Gasteiger partial charge in [0.1, 0.15) is 5.82 Å². The number of anilines is 1. The Bertz CT molecular complexity index is 1010. The third-order valence-electron chi connectivity index (χ3n) is 4.83. The van der Waals surface area contributed by atoms with Gasteiger partial charge in [-0.05, 0) is 18.2 Å². The zero-order chi connectivity index (χ0) is 18.8. The van der Waals surface area contributed by atoms with Crippen molar-refractivity contribution in [1.29, 1.82) is 0 Å². The highest BCUT2D eigenvalue weighted by Gasteiger charge is 2.25. The summed E-state index contributed by atoms with van der Waals surface area (Å²) < 4.78 is 15.7. The smallest absolute Gasteiger partial charge is 0.255 e. The normalized spacial score (nSPS) is 16.5. The number of hydrogen-bond donors (Lipinski definition) is 1. The molecule has 0 radical (unpaired) electrons. The van der Waals surface area contributed by atoms with Crippen LogP contribution in [0.4, 0.5) is 10.3 Å².